The van der Waals surface area contributed by atoms with Crippen molar-refractivity contribution in [3.05, 3.63) is 125 Å². The Morgan fingerprint density at radius 1 is 0.750 bits per heavy atom. The van der Waals surface area contributed by atoms with E-state index in [0.717, 1.165) is 27.8 Å². The summed E-state index contributed by atoms with van der Waals surface area (Å²) in [6, 6.07) is 29.0. The third kappa shape index (κ3) is 11.4. The maximum atomic E-state index is 14.3. The molecule has 0 saturated heterocycles. The zero-order valence-corrected chi connectivity index (χ0v) is 35.8. The van der Waals surface area contributed by atoms with Crippen molar-refractivity contribution in [1.82, 2.24) is 20.5 Å². The minimum absolute atomic E-state index is 0.103. The van der Waals surface area contributed by atoms with E-state index in [1.807, 2.05) is 94.4 Å². The molecule has 1 heterocycles. The number of nitrogens with zero attached hydrogens (tertiary/aromatic N) is 2. The smallest absolute Gasteiger partial charge is 0.407 e. The largest absolute Gasteiger partial charge is 0.469 e. The molecule has 12 nitrogen and oxygen atoms in total. The Hall–Kier alpha value is -6.04. The second-order valence-electron chi connectivity index (χ2n) is 16.3. The molecule has 12 heteroatoms. The van der Waals surface area contributed by atoms with Crippen molar-refractivity contribution in [2.24, 2.45) is 17.8 Å². The van der Waals surface area contributed by atoms with Crippen LogP contribution in [0.2, 0.25) is 0 Å². The summed E-state index contributed by atoms with van der Waals surface area (Å²) in [6.07, 6.45) is -0.618. The standard InChI is InChI=1S/C48H58N4O8/c1-29(2)42(52(7)46(55)44(30(3)4)51-48(57)59-28-39-37-21-14-12-19-35(37)36-20-13-15-22-38(36)39)27-43(60-32(6)53)40-23-16-24-41(50-40)45(54)49-34(25-31(5)47(56)58-8)26-33-17-10-9-11-18-33/h9-24,29-31,34,39,42-44H,25-28H2,1-8H3,(H,49,54)(H,51,57)/t31-,34-,42-,43-,44+/m1/s1. The number of hydrogen-bond donors (Lipinski definition) is 2. The maximum Gasteiger partial charge on any atom is 0.407 e. The molecule has 0 unspecified atom stereocenters. The van der Waals surface area contributed by atoms with Crippen LogP contribution in [0.4, 0.5) is 4.79 Å². The van der Waals surface area contributed by atoms with Gasteiger partial charge in [0.1, 0.15) is 24.4 Å². The summed E-state index contributed by atoms with van der Waals surface area (Å²) >= 11 is 0. The van der Waals surface area contributed by atoms with Crippen LogP contribution >= 0.6 is 0 Å². The number of carbonyl (C=O) groups excluding carboxylic acids is 5. The average Bonchev–Trinajstić information content (AvgIpc) is 3.55. The molecule has 2 N–H and O–H groups in total. The summed E-state index contributed by atoms with van der Waals surface area (Å²) in [7, 11) is 3.01. The molecular weight excluding hydrogens is 761 g/mol. The van der Waals surface area contributed by atoms with Gasteiger partial charge in [-0.2, -0.15) is 0 Å². The van der Waals surface area contributed by atoms with E-state index < -0.39 is 48.1 Å². The Labute approximate surface area is 353 Å². The van der Waals surface area contributed by atoms with Gasteiger partial charge < -0.3 is 29.7 Å². The van der Waals surface area contributed by atoms with Gasteiger partial charge in [-0.05, 0) is 64.6 Å². The van der Waals surface area contributed by atoms with Gasteiger partial charge in [-0.1, -0.05) is 120 Å². The molecule has 1 aliphatic carbocycles. The van der Waals surface area contributed by atoms with Crippen molar-refractivity contribution < 1.29 is 38.2 Å². The summed E-state index contributed by atoms with van der Waals surface area (Å²) in [4.78, 5) is 72.4. The van der Waals surface area contributed by atoms with Gasteiger partial charge in [-0.15, -0.1) is 0 Å². The predicted molar refractivity (Wildman–Crippen MR) is 229 cm³/mol. The lowest BCUT2D eigenvalue weighted by molar-refractivity contribution is -0.149. The van der Waals surface area contributed by atoms with Crippen LogP contribution < -0.4 is 10.6 Å². The number of carbonyl (C=O) groups is 5. The van der Waals surface area contributed by atoms with Crippen LogP contribution in [0.5, 0.6) is 0 Å². The molecule has 318 valence electrons. The highest BCUT2D eigenvalue weighted by atomic mass is 16.6. The molecule has 5 rings (SSSR count). The van der Waals surface area contributed by atoms with Crippen molar-refractivity contribution >= 4 is 29.8 Å². The van der Waals surface area contributed by atoms with E-state index in [2.05, 4.69) is 27.8 Å². The van der Waals surface area contributed by atoms with Gasteiger partial charge >= 0.3 is 18.0 Å². The van der Waals surface area contributed by atoms with Crippen molar-refractivity contribution in [2.45, 2.75) is 91.0 Å². The van der Waals surface area contributed by atoms with E-state index in [1.165, 1.54) is 14.0 Å². The molecule has 0 aliphatic heterocycles. The number of pyridine rings is 1. The average molecular weight is 819 g/mol. The lowest BCUT2D eigenvalue weighted by atomic mass is 9.93. The molecule has 0 radical (unpaired) electrons. The first kappa shape index (κ1) is 45.1. The maximum absolute atomic E-state index is 14.3. The number of aromatic nitrogens is 1. The Morgan fingerprint density at radius 2 is 1.37 bits per heavy atom. The molecule has 4 aromatic rings. The van der Waals surface area contributed by atoms with Gasteiger partial charge in [0.2, 0.25) is 5.91 Å². The minimum atomic E-state index is -0.912. The fourth-order valence-corrected chi connectivity index (χ4v) is 8.02. The highest BCUT2D eigenvalue weighted by molar-refractivity contribution is 5.92. The van der Waals surface area contributed by atoms with Crippen LogP contribution in [0.1, 0.15) is 99.3 Å². The first-order valence-corrected chi connectivity index (χ1v) is 20.6. The summed E-state index contributed by atoms with van der Waals surface area (Å²) < 4.78 is 16.6. The molecule has 1 aliphatic rings. The molecule has 60 heavy (non-hydrogen) atoms. The summed E-state index contributed by atoms with van der Waals surface area (Å²) in [5.41, 5.74) is 5.83. The third-order valence-corrected chi connectivity index (χ3v) is 11.2. The summed E-state index contributed by atoms with van der Waals surface area (Å²) in [5, 5.41) is 5.88. The topological polar surface area (TPSA) is 153 Å². The van der Waals surface area contributed by atoms with Crippen molar-refractivity contribution in [3.63, 3.8) is 0 Å². The van der Waals surface area contributed by atoms with Crippen LogP contribution in [0, 0.1) is 17.8 Å². The summed E-state index contributed by atoms with van der Waals surface area (Å²) in [5.74, 6) is -2.70. The molecule has 0 fully saturated rings. The van der Waals surface area contributed by atoms with Gasteiger partial charge in [0.25, 0.3) is 5.91 Å². The van der Waals surface area contributed by atoms with E-state index in [9.17, 15) is 24.0 Å². The second-order valence-corrected chi connectivity index (χ2v) is 16.3. The normalized spacial score (nSPS) is 14.5. The minimum Gasteiger partial charge on any atom is -0.469 e. The van der Waals surface area contributed by atoms with Crippen LogP contribution in [0.25, 0.3) is 11.1 Å². The van der Waals surface area contributed by atoms with Gasteiger partial charge in [0, 0.05) is 38.4 Å². The molecular formula is C48H58N4O8. The van der Waals surface area contributed by atoms with Gasteiger partial charge in [0.15, 0.2) is 0 Å². The Balaban J connectivity index is 1.29. The zero-order chi connectivity index (χ0) is 43.5. The second kappa shape index (κ2) is 20.8. The van der Waals surface area contributed by atoms with E-state index in [-0.39, 0.29) is 48.4 Å². The van der Waals surface area contributed by atoms with Gasteiger partial charge in [-0.3, -0.25) is 19.2 Å². The van der Waals surface area contributed by atoms with E-state index >= 15 is 0 Å². The highest BCUT2D eigenvalue weighted by Gasteiger charge is 2.36. The number of fused-ring (bicyclic) bond motifs is 3. The number of likely N-dealkylation sites (N-methyl/N-ethyl adjacent to an activating group) is 1. The zero-order valence-electron chi connectivity index (χ0n) is 35.8. The number of rotatable bonds is 18. The Kier molecular flexibility index (Phi) is 15.6. The predicted octanol–water partition coefficient (Wildman–Crippen LogP) is 7.66. The Morgan fingerprint density at radius 3 is 1.95 bits per heavy atom. The Bertz CT molecular complexity index is 2080. The van der Waals surface area contributed by atoms with Crippen LogP contribution in [-0.2, 0) is 35.0 Å². The number of nitrogens with one attached hydrogen (secondary N) is 2. The molecule has 3 amide bonds. The van der Waals surface area contributed by atoms with Crippen molar-refractivity contribution in [2.75, 3.05) is 20.8 Å². The molecule has 3 aromatic carbocycles. The van der Waals surface area contributed by atoms with Crippen LogP contribution in [0.3, 0.4) is 0 Å². The van der Waals surface area contributed by atoms with Gasteiger partial charge in [-0.25, -0.2) is 9.78 Å². The van der Waals surface area contributed by atoms with E-state index in [4.69, 9.17) is 14.2 Å². The number of methoxy groups -OCH3 is 1. The number of amides is 3. The quantitative estimate of drug-likeness (QED) is 0.0761. The molecule has 0 bridgehead atoms. The van der Waals surface area contributed by atoms with Crippen molar-refractivity contribution in [1.29, 1.82) is 0 Å². The van der Waals surface area contributed by atoms with Crippen LogP contribution in [-0.4, -0.2) is 78.6 Å². The SMILES string of the molecule is COC(=O)[C@H](C)C[C@H](Cc1ccccc1)NC(=O)c1cccc([C@@H](C[C@H](C(C)C)N(C)C(=O)[C@@H](NC(=O)OCC2c3ccccc3-c3ccccc32)C(C)C)OC(C)=O)n1. The fraction of sp³-hybridized carbons (Fsp3) is 0.417. The first-order chi connectivity index (χ1) is 28.7. The number of benzene rings is 3. The lowest BCUT2D eigenvalue weighted by Gasteiger charge is -2.36. The third-order valence-electron chi connectivity index (χ3n) is 11.2. The molecule has 5 atom stereocenters. The fourth-order valence-electron chi connectivity index (χ4n) is 8.02. The highest BCUT2D eigenvalue weighted by Crippen LogP contribution is 2.44. The number of ether oxygens (including phenoxy) is 3. The number of esters is 2. The number of alkyl carbamates (subject to hydrolysis) is 1. The number of hydrogen-bond acceptors (Lipinski definition) is 9. The molecule has 1 aromatic heterocycles. The molecule has 0 spiro atoms. The lowest BCUT2D eigenvalue weighted by Crippen LogP contribution is -2.54. The summed E-state index contributed by atoms with van der Waals surface area (Å²) in [6.45, 7) is 10.8. The van der Waals surface area contributed by atoms with E-state index in [0.29, 0.717) is 18.5 Å². The monoisotopic (exact) mass is 818 g/mol. The van der Waals surface area contributed by atoms with Crippen LogP contribution in [0.15, 0.2) is 97.1 Å². The van der Waals surface area contributed by atoms with Crippen molar-refractivity contribution in [3.8, 4) is 11.1 Å². The van der Waals surface area contributed by atoms with Gasteiger partial charge in [0.05, 0.1) is 18.7 Å². The van der Waals surface area contributed by atoms with E-state index in [1.54, 1.807) is 37.1 Å². The first-order valence-electron chi connectivity index (χ1n) is 20.6. The molecule has 0 saturated carbocycles.